The first kappa shape index (κ1) is 10.1. The molecule has 1 aromatic rings. The van der Waals surface area contributed by atoms with Gasteiger partial charge in [0.05, 0.1) is 0 Å². The Morgan fingerprint density at radius 1 is 1.50 bits per heavy atom. The van der Waals surface area contributed by atoms with Gasteiger partial charge in [0.2, 0.25) is 0 Å². The summed E-state index contributed by atoms with van der Waals surface area (Å²) in [4.78, 5) is 0. The van der Waals surface area contributed by atoms with Gasteiger partial charge in [-0.2, -0.15) is 0 Å². The number of nitrogens with two attached hydrogens (primary N) is 1. The normalized spacial score (nSPS) is 18.2. The Morgan fingerprint density at radius 2 is 2.21 bits per heavy atom. The third-order valence-corrected chi connectivity index (χ3v) is 3.36. The molecule has 1 unspecified atom stereocenters. The quantitative estimate of drug-likeness (QED) is 0.883. The smallest absolute Gasteiger partial charge is 0.123 e. The maximum atomic E-state index is 13.0. The molecule has 1 aliphatic carbocycles. The summed E-state index contributed by atoms with van der Waals surface area (Å²) in [5.74, 6) is 0.551. The number of benzene rings is 1. The molecule has 0 saturated heterocycles. The molecule has 1 atom stereocenters. The molecule has 0 spiro atoms. The highest BCUT2D eigenvalue weighted by Gasteiger charge is 2.25. The Bertz CT molecular complexity index is 336. The summed E-state index contributed by atoms with van der Waals surface area (Å²) in [6.45, 7) is 0. The fraction of sp³-hybridized carbons (Fsp3) is 0.455. The van der Waals surface area contributed by atoms with E-state index in [2.05, 4.69) is 15.9 Å². The summed E-state index contributed by atoms with van der Waals surface area (Å²) in [7, 11) is 0. The highest BCUT2D eigenvalue weighted by Crippen LogP contribution is 2.38. The lowest BCUT2D eigenvalue weighted by atomic mass is 10.0. The lowest BCUT2D eigenvalue weighted by molar-refractivity contribution is 0.581. The van der Waals surface area contributed by atoms with Gasteiger partial charge >= 0.3 is 0 Å². The van der Waals surface area contributed by atoms with E-state index in [4.69, 9.17) is 5.73 Å². The van der Waals surface area contributed by atoms with Crippen molar-refractivity contribution in [1.29, 1.82) is 0 Å². The molecular weight excluding hydrogens is 245 g/mol. The zero-order valence-corrected chi connectivity index (χ0v) is 9.43. The summed E-state index contributed by atoms with van der Waals surface area (Å²) < 4.78 is 13.9. The Labute approximate surface area is 91.6 Å². The van der Waals surface area contributed by atoms with Gasteiger partial charge in [-0.15, -0.1) is 0 Å². The monoisotopic (exact) mass is 257 g/mol. The minimum absolute atomic E-state index is 0.0347. The minimum Gasteiger partial charge on any atom is -0.324 e. The second-order valence-electron chi connectivity index (χ2n) is 3.95. The highest BCUT2D eigenvalue weighted by molar-refractivity contribution is 9.10. The van der Waals surface area contributed by atoms with E-state index in [0.717, 1.165) is 22.4 Å². The van der Waals surface area contributed by atoms with Crippen LogP contribution in [0.5, 0.6) is 0 Å². The van der Waals surface area contributed by atoms with Crippen LogP contribution in [0, 0.1) is 11.7 Å². The maximum absolute atomic E-state index is 13.0. The SMILES string of the molecule is NC(CC1CC1)c1cc(F)ccc1Br. The molecule has 0 heterocycles. The highest BCUT2D eigenvalue weighted by atomic mass is 79.9. The van der Waals surface area contributed by atoms with Crippen LogP contribution in [-0.2, 0) is 0 Å². The first-order valence-corrected chi connectivity index (χ1v) is 5.66. The molecule has 0 aliphatic heterocycles. The number of halogens is 2. The lowest BCUT2D eigenvalue weighted by Gasteiger charge is -2.13. The molecule has 0 amide bonds. The van der Waals surface area contributed by atoms with Crippen molar-refractivity contribution in [2.24, 2.45) is 11.7 Å². The molecular formula is C11H13BrFN. The minimum atomic E-state index is -0.213. The Morgan fingerprint density at radius 3 is 2.86 bits per heavy atom. The summed E-state index contributed by atoms with van der Waals surface area (Å²) in [6, 6.07) is 4.65. The fourth-order valence-electron chi connectivity index (χ4n) is 1.64. The molecule has 1 aliphatic rings. The number of hydrogen-bond acceptors (Lipinski definition) is 1. The van der Waals surface area contributed by atoms with E-state index in [9.17, 15) is 4.39 Å². The second-order valence-corrected chi connectivity index (χ2v) is 4.81. The molecule has 14 heavy (non-hydrogen) atoms. The molecule has 1 fully saturated rings. The van der Waals surface area contributed by atoms with Gasteiger partial charge in [0.25, 0.3) is 0 Å². The molecule has 0 aromatic heterocycles. The van der Waals surface area contributed by atoms with Crippen LogP contribution < -0.4 is 5.73 Å². The first-order valence-electron chi connectivity index (χ1n) is 4.87. The largest absolute Gasteiger partial charge is 0.324 e. The van der Waals surface area contributed by atoms with E-state index in [-0.39, 0.29) is 11.9 Å². The van der Waals surface area contributed by atoms with Gasteiger partial charge < -0.3 is 5.73 Å². The molecule has 0 bridgehead atoms. The van der Waals surface area contributed by atoms with Gasteiger partial charge in [-0.25, -0.2) is 4.39 Å². The summed E-state index contributed by atoms with van der Waals surface area (Å²) in [5.41, 5.74) is 6.90. The van der Waals surface area contributed by atoms with E-state index in [1.807, 2.05) is 0 Å². The van der Waals surface area contributed by atoms with Crippen molar-refractivity contribution in [3.8, 4) is 0 Å². The Balaban J connectivity index is 2.15. The van der Waals surface area contributed by atoms with Crippen LogP contribution in [0.25, 0.3) is 0 Å². The van der Waals surface area contributed by atoms with Gasteiger partial charge in [0.15, 0.2) is 0 Å². The molecule has 1 aromatic carbocycles. The van der Waals surface area contributed by atoms with E-state index in [1.54, 1.807) is 6.07 Å². The van der Waals surface area contributed by atoms with Gasteiger partial charge in [0, 0.05) is 10.5 Å². The van der Waals surface area contributed by atoms with Crippen molar-refractivity contribution < 1.29 is 4.39 Å². The van der Waals surface area contributed by atoms with Crippen LogP contribution in [0.4, 0.5) is 4.39 Å². The van der Waals surface area contributed by atoms with Crippen LogP contribution in [0.15, 0.2) is 22.7 Å². The van der Waals surface area contributed by atoms with Crippen LogP contribution in [0.2, 0.25) is 0 Å². The predicted octanol–water partition coefficient (Wildman–Crippen LogP) is 3.39. The van der Waals surface area contributed by atoms with Gasteiger partial charge in [-0.1, -0.05) is 28.8 Å². The summed E-state index contributed by atoms with van der Waals surface area (Å²) in [5, 5.41) is 0. The van der Waals surface area contributed by atoms with Gasteiger partial charge in [0.1, 0.15) is 5.82 Å². The molecule has 3 heteroatoms. The third-order valence-electron chi connectivity index (χ3n) is 2.64. The summed E-state index contributed by atoms with van der Waals surface area (Å²) >= 11 is 3.39. The van der Waals surface area contributed by atoms with Crippen molar-refractivity contribution in [1.82, 2.24) is 0 Å². The van der Waals surface area contributed by atoms with Crippen LogP contribution in [0.1, 0.15) is 30.9 Å². The topological polar surface area (TPSA) is 26.0 Å². The van der Waals surface area contributed by atoms with Crippen LogP contribution >= 0.6 is 15.9 Å². The third kappa shape index (κ3) is 2.34. The molecule has 76 valence electrons. The fourth-order valence-corrected chi connectivity index (χ4v) is 2.18. The predicted molar refractivity (Wildman–Crippen MR) is 58.4 cm³/mol. The zero-order valence-electron chi connectivity index (χ0n) is 7.84. The zero-order chi connectivity index (χ0) is 10.1. The van der Waals surface area contributed by atoms with Crippen LogP contribution in [0.3, 0.4) is 0 Å². The van der Waals surface area contributed by atoms with Crippen molar-refractivity contribution in [2.45, 2.75) is 25.3 Å². The average molecular weight is 258 g/mol. The van der Waals surface area contributed by atoms with Gasteiger partial charge in [-0.3, -0.25) is 0 Å². The van der Waals surface area contributed by atoms with E-state index < -0.39 is 0 Å². The maximum Gasteiger partial charge on any atom is 0.123 e. The van der Waals surface area contributed by atoms with Gasteiger partial charge in [-0.05, 0) is 36.1 Å². The average Bonchev–Trinajstić information content (AvgIpc) is 2.93. The molecule has 2 rings (SSSR count). The van der Waals surface area contributed by atoms with Crippen molar-refractivity contribution in [3.63, 3.8) is 0 Å². The first-order chi connectivity index (χ1) is 6.66. The van der Waals surface area contributed by atoms with Crippen molar-refractivity contribution in [2.75, 3.05) is 0 Å². The molecule has 1 saturated carbocycles. The lowest BCUT2D eigenvalue weighted by Crippen LogP contribution is -2.11. The van der Waals surface area contributed by atoms with Crippen LogP contribution in [-0.4, -0.2) is 0 Å². The number of hydrogen-bond donors (Lipinski definition) is 1. The Kier molecular flexibility index (Phi) is 2.88. The van der Waals surface area contributed by atoms with Crippen molar-refractivity contribution in [3.05, 3.63) is 34.1 Å². The standard InChI is InChI=1S/C11H13BrFN/c12-10-4-3-8(13)6-9(10)11(14)5-7-1-2-7/h3-4,6-7,11H,1-2,5,14H2. The number of rotatable bonds is 3. The second kappa shape index (κ2) is 3.99. The summed E-state index contributed by atoms with van der Waals surface area (Å²) in [6.07, 6.45) is 3.53. The molecule has 1 nitrogen and oxygen atoms in total. The van der Waals surface area contributed by atoms with E-state index >= 15 is 0 Å². The molecule has 2 N–H and O–H groups in total. The molecule has 0 radical (unpaired) electrons. The Hall–Kier alpha value is -0.410. The van der Waals surface area contributed by atoms with E-state index in [1.165, 1.54) is 25.0 Å². The van der Waals surface area contributed by atoms with Crippen molar-refractivity contribution >= 4 is 15.9 Å². The van der Waals surface area contributed by atoms with E-state index in [0.29, 0.717) is 0 Å².